The van der Waals surface area contributed by atoms with Crippen molar-refractivity contribution in [3.05, 3.63) is 59.7 Å². The number of fused-ring (bicyclic) bond motifs is 1. The molecule has 200 valence electrons. The van der Waals surface area contributed by atoms with Crippen molar-refractivity contribution in [3.63, 3.8) is 0 Å². The zero-order chi connectivity index (χ0) is 26.8. The SMILES string of the molecule is CCCCOC(C)(C)CCC(=O)NCc1ccc(CN(CCC)c2c(N)c(N)nc3ccccc23)cc1. The summed E-state index contributed by atoms with van der Waals surface area (Å²) in [5.74, 6) is 0.403. The third-order valence-corrected chi connectivity index (χ3v) is 6.57. The van der Waals surface area contributed by atoms with E-state index in [4.69, 9.17) is 16.2 Å². The Morgan fingerprint density at radius 2 is 1.73 bits per heavy atom. The van der Waals surface area contributed by atoms with Gasteiger partial charge in [0.15, 0.2) is 0 Å². The molecule has 3 aromatic rings. The number of anilines is 3. The number of hydrogen-bond donors (Lipinski definition) is 3. The number of benzene rings is 2. The third-order valence-electron chi connectivity index (χ3n) is 6.57. The lowest BCUT2D eigenvalue weighted by Gasteiger charge is -2.28. The number of amides is 1. The van der Waals surface area contributed by atoms with Crippen LogP contribution >= 0.6 is 0 Å². The highest BCUT2D eigenvalue weighted by molar-refractivity contribution is 6.01. The summed E-state index contributed by atoms with van der Waals surface area (Å²) >= 11 is 0. The van der Waals surface area contributed by atoms with E-state index in [0.717, 1.165) is 60.1 Å². The summed E-state index contributed by atoms with van der Waals surface area (Å²) in [6, 6.07) is 16.3. The molecule has 0 saturated carbocycles. The number of nitrogens with two attached hydrogens (primary N) is 2. The molecule has 0 radical (unpaired) electrons. The number of pyridine rings is 1. The zero-order valence-corrected chi connectivity index (χ0v) is 22.8. The van der Waals surface area contributed by atoms with E-state index in [1.807, 2.05) is 38.1 Å². The van der Waals surface area contributed by atoms with Crippen molar-refractivity contribution in [2.45, 2.75) is 78.5 Å². The van der Waals surface area contributed by atoms with Gasteiger partial charge in [-0.25, -0.2) is 4.98 Å². The number of carbonyl (C=O) groups is 1. The number of hydrogen-bond acceptors (Lipinski definition) is 6. The fraction of sp³-hybridized carbons (Fsp3) is 0.467. The normalized spacial score (nSPS) is 11.6. The Labute approximate surface area is 221 Å². The highest BCUT2D eigenvalue weighted by Crippen LogP contribution is 2.36. The van der Waals surface area contributed by atoms with E-state index in [1.54, 1.807) is 0 Å². The van der Waals surface area contributed by atoms with E-state index in [1.165, 1.54) is 0 Å². The van der Waals surface area contributed by atoms with Gasteiger partial charge < -0.3 is 26.4 Å². The van der Waals surface area contributed by atoms with Crippen LogP contribution in [0.5, 0.6) is 0 Å². The molecule has 0 atom stereocenters. The molecule has 0 bridgehead atoms. The summed E-state index contributed by atoms with van der Waals surface area (Å²) in [4.78, 5) is 19.1. The molecule has 3 rings (SSSR count). The number of ether oxygens (including phenoxy) is 1. The van der Waals surface area contributed by atoms with Gasteiger partial charge in [0.1, 0.15) is 5.82 Å². The van der Waals surface area contributed by atoms with Crippen LogP contribution in [0, 0.1) is 0 Å². The minimum Gasteiger partial charge on any atom is -0.394 e. The molecule has 7 nitrogen and oxygen atoms in total. The maximum Gasteiger partial charge on any atom is 0.220 e. The van der Waals surface area contributed by atoms with E-state index < -0.39 is 0 Å². The maximum atomic E-state index is 12.4. The molecule has 0 aliphatic heterocycles. The van der Waals surface area contributed by atoms with Gasteiger partial charge in [-0.15, -0.1) is 0 Å². The molecule has 0 spiro atoms. The average Bonchev–Trinajstić information content (AvgIpc) is 2.88. The molecule has 1 amide bonds. The van der Waals surface area contributed by atoms with Gasteiger partial charge >= 0.3 is 0 Å². The fourth-order valence-corrected chi connectivity index (χ4v) is 4.36. The molecule has 37 heavy (non-hydrogen) atoms. The van der Waals surface area contributed by atoms with Gasteiger partial charge in [-0.05, 0) is 50.3 Å². The van der Waals surface area contributed by atoms with E-state index in [-0.39, 0.29) is 11.5 Å². The van der Waals surface area contributed by atoms with Crippen molar-refractivity contribution in [1.29, 1.82) is 0 Å². The molecule has 1 aromatic heterocycles. The number of nitrogens with one attached hydrogen (secondary N) is 1. The first-order valence-electron chi connectivity index (χ1n) is 13.4. The molecule has 0 fully saturated rings. The van der Waals surface area contributed by atoms with Crippen LogP contribution in [-0.2, 0) is 22.6 Å². The molecule has 2 aromatic carbocycles. The van der Waals surface area contributed by atoms with Crippen molar-refractivity contribution in [2.75, 3.05) is 29.5 Å². The van der Waals surface area contributed by atoms with E-state index in [9.17, 15) is 4.79 Å². The lowest BCUT2D eigenvalue weighted by atomic mass is 10.0. The van der Waals surface area contributed by atoms with Gasteiger partial charge in [0.25, 0.3) is 0 Å². The van der Waals surface area contributed by atoms with Crippen LogP contribution in [0.2, 0.25) is 0 Å². The smallest absolute Gasteiger partial charge is 0.220 e. The summed E-state index contributed by atoms with van der Waals surface area (Å²) in [6.45, 7) is 11.2. The van der Waals surface area contributed by atoms with Crippen LogP contribution in [0.3, 0.4) is 0 Å². The summed E-state index contributed by atoms with van der Waals surface area (Å²) in [7, 11) is 0. The first kappa shape index (κ1) is 28.3. The average molecular weight is 506 g/mol. The van der Waals surface area contributed by atoms with Crippen LogP contribution in [0.4, 0.5) is 17.2 Å². The molecule has 0 aliphatic carbocycles. The first-order chi connectivity index (χ1) is 17.7. The van der Waals surface area contributed by atoms with E-state index >= 15 is 0 Å². The Kier molecular flexibility index (Phi) is 10.1. The number of aromatic nitrogens is 1. The third kappa shape index (κ3) is 8.09. The van der Waals surface area contributed by atoms with Gasteiger partial charge in [0.05, 0.1) is 22.5 Å². The number of unbranched alkanes of at least 4 members (excludes halogenated alkanes) is 1. The highest BCUT2D eigenvalue weighted by Gasteiger charge is 2.20. The van der Waals surface area contributed by atoms with Gasteiger partial charge in [0, 0.05) is 38.0 Å². The summed E-state index contributed by atoms with van der Waals surface area (Å²) in [6.07, 6.45) is 4.28. The Morgan fingerprint density at radius 1 is 1.03 bits per heavy atom. The van der Waals surface area contributed by atoms with Crippen LogP contribution in [0.25, 0.3) is 10.9 Å². The Balaban J connectivity index is 1.61. The molecular formula is C30H43N5O2. The largest absolute Gasteiger partial charge is 0.394 e. The summed E-state index contributed by atoms with van der Waals surface area (Å²) in [5.41, 5.74) is 16.8. The Morgan fingerprint density at radius 3 is 2.43 bits per heavy atom. The van der Waals surface area contributed by atoms with Crippen LogP contribution in [-0.4, -0.2) is 29.6 Å². The van der Waals surface area contributed by atoms with Crippen molar-refractivity contribution < 1.29 is 9.53 Å². The molecule has 0 unspecified atom stereocenters. The molecule has 7 heteroatoms. The second-order valence-corrected chi connectivity index (χ2v) is 10.3. The lowest BCUT2D eigenvalue weighted by Crippen LogP contribution is -2.29. The topological polar surface area (TPSA) is 106 Å². The number of rotatable bonds is 14. The molecular weight excluding hydrogens is 462 g/mol. The number of carbonyl (C=O) groups excluding carboxylic acids is 1. The number of para-hydroxylation sites is 1. The van der Waals surface area contributed by atoms with E-state index in [0.29, 0.717) is 37.4 Å². The van der Waals surface area contributed by atoms with Crippen molar-refractivity contribution >= 4 is 34.0 Å². The second kappa shape index (κ2) is 13.3. The zero-order valence-electron chi connectivity index (χ0n) is 22.8. The molecule has 0 saturated heterocycles. The lowest BCUT2D eigenvalue weighted by molar-refractivity contribution is -0.123. The van der Waals surface area contributed by atoms with Gasteiger partial charge in [0.2, 0.25) is 5.91 Å². The van der Waals surface area contributed by atoms with Gasteiger partial charge in [-0.1, -0.05) is 62.7 Å². The monoisotopic (exact) mass is 505 g/mol. The van der Waals surface area contributed by atoms with E-state index in [2.05, 4.69) is 53.3 Å². The van der Waals surface area contributed by atoms with Crippen molar-refractivity contribution in [3.8, 4) is 0 Å². The van der Waals surface area contributed by atoms with Crippen LogP contribution in [0.15, 0.2) is 48.5 Å². The van der Waals surface area contributed by atoms with Gasteiger partial charge in [-0.2, -0.15) is 0 Å². The van der Waals surface area contributed by atoms with Crippen molar-refractivity contribution in [1.82, 2.24) is 10.3 Å². The van der Waals surface area contributed by atoms with Crippen LogP contribution in [0.1, 0.15) is 70.9 Å². The number of nitrogen functional groups attached to an aromatic ring is 2. The van der Waals surface area contributed by atoms with Crippen LogP contribution < -0.4 is 21.7 Å². The first-order valence-corrected chi connectivity index (χ1v) is 13.4. The van der Waals surface area contributed by atoms with Crippen molar-refractivity contribution in [2.24, 2.45) is 0 Å². The number of nitrogens with zero attached hydrogens (tertiary/aromatic N) is 2. The second-order valence-electron chi connectivity index (χ2n) is 10.3. The predicted molar refractivity (Wildman–Crippen MR) is 154 cm³/mol. The Hall–Kier alpha value is -3.32. The Bertz CT molecular complexity index is 1160. The highest BCUT2D eigenvalue weighted by atomic mass is 16.5. The molecule has 0 aliphatic rings. The predicted octanol–water partition coefficient (Wildman–Crippen LogP) is 5.81. The molecule has 5 N–H and O–H groups in total. The fourth-order valence-electron chi connectivity index (χ4n) is 4.36. The molecule has 1 heterocycles. The summed E-state index contributed by atoms with van der Waals surface area (Å²) in [5, 5.41) is 4.04. The minimum absolute atomic E-state index is 0.0444. The minimum atomic E-state index is -0.285. The van der Waals surface area contributed by atoms with Gasteiger partial charge in [-0.3, -0.25) is 4.79 Å². The summed E-state index contributed by atoms with van der Waals surface area (Å²) < 4.78 is 5.91. The standard InChI is InChI=1S/C30H43N5O2/c1-5-7-19-37-30(3,4)17-16-26(36)33-20-22-12-14-23(15-13-22)21-35(18-6-2)28-24-10-8-9-11-25(24)34-29(32)27(28)31/h8-15H,5-7,16-21,31H2,1-4H3,(H2,32,34)(H,33,36). The maximum absolute atomic E-state index is 12.4. The quantitative estimate of drug-likeness (QED) is 0.239.